The first-order valence-electron chi connectivity index (χ1n) is 4.74. The third-order valence-corrected chi connectivity index (χ3v) is 3.38. The molecule has 0 fully saturated rings. The van der Waals surface area contributed by atoms with Gasteiger partial charge in [0.05, 0.1) is 21.4 Å². The summed E-state index contributed by atoms with van der Waals surface area (Å²) in [5.41, 5.74) is 1.78. The van der Waals surface area contributed by atoms with Crippen LogP contribution >= 0.6 is 23.1 Å². The van der Waals surface area contributed by atoms with Crippen molar-refractivity contribution in [3.63, 3.8) is 0 Å². The lowest BCUT2D eigenvalue weighted by Crippen LogP contribution is -1.94. The Kier molecular flexibility index (Phi) is 2.12. The van der Waals surface area contributed by atoms with E-state index in [0.717, 1.165) is 21.8 Å². The molecule has 0 atom stereocenters. The Balaban J connectivity index is 2.67. The summed E-state index contributed by atoms with van der Waals surface area (Å²) < 4.78 is 3.21. The third-order valence-electron chi connectivity index (χ3n) is 2.55. The highest BCUT2D eigenvalue weighted by molar-refractivity contribution is 7.03. The molecule has 3 rings (SSSR count). The highest BCUT2D eigenvalue weighted by Gasteiger charge is 2.06. The number of hydrogen-bond donors (Lipinski definition) is 3. The number of rotatable bonds is 0. The molecule has 0 aliphatic carbocycles. The summed E-state index contributed by atoms with van der Waals surface area (Å²) in [6.45, 7) is 0. The molecule has 0 spiro atoms. The van der Waals surface area contributed by atoms with Crippen molar-refractivity contribution in [3.05, 3.63) is 40.2 Å². The van der Waals surface area contributed by atoms with E-state index in [1.165, 1.54) is 11.5 Å². The van der Waals surface area contributed by atoms with Crippen LogP contribution < -0.4 is 5.36 Å². The minimum absolute atomic E-state index is 0.501. The van der Waals surface area contributed by atoms with Gasteiger partial charge in [0.2, 0.25) is 0 Å². The van der Waals surface area contributed by atoms with E-state index < -0.39 is 0 Å². The molecule has 0 saturated heterocycles. The Morgan fingerprint density at radius 2 is 2.00 bits per heavy atom. The standard InChI is InChI=1S/C11H8ClN3S/c12-6-1-2-8-10-7(3-4-16-15-10)9(13)11(8)14-5-6/h1-5,13-15H. The lowest BCUT2D eigenvalue weighted by molar-refractivity contribution is 1.31. The molecule has 80 valence electrons. The zero-order valence-corrected chi connectivity index (χ0v) is 9.75. The molecule has 3 nitrogen and oxygen atoms in total. The molecule has 3 aromatic rings. The normalized spacial score (nSPS) is 11.1. The van der Waals surface area contributed by atoms with Crippen molar-refractivity contribution in [2.45, 2.75) is 0 Å². The van der Waals surface area contributed by atoms with Crippen LogP contribution in [0.25, 0.3) is 21.8 Å². The highest BCUT2D eigenvalue weighted by Crippen LogP contribution is 2.21. The van der Waals surface area contributed by atoms with Crippen LogP contribution in [0.3, 0.4) is 0 Å². The molecule has 0 amide bonds. The SMILES string of the molecule is N=c1c2ccs[nH]c2c2ccc(Cl)c[nH]c12. The van der Waals surface area contributed by atoms with Gasteiger partial charge in [0, 0.05) is 22.3 Å². The quantitative estimate of drug-likeness (QED) is 0.547. The van der Waals surface area contributed by atoms with Crippen molar-refractivity contribution in [3.8, 4) is 0 Å². The summed E-state index contributed by atoms with van der Waals surface area (Å²) in [5.74, 6) is 0. The van der Waals surface area contributed by atoms with Gasteiger partial charge in [-0.2, -0.15) is 0 Å². The summed E-state index contributed by atoms with van der Waals surface area (Å²) in [7, 11) is 0. The van der Waals surface area contributed by atoms with Crippen molar-refractivity contribution in [1.29, 1.82) is 5.41 Å². The van der Waals surface area contributed by atoms with Gasteiger partial charge in [-0.25, -0.2) is 0 Å². The topological polar surface area (TPSA) is 55.4 Å². The maximum atomic E-state index is 8.08. The molecule has 0 saturated carbocycles. The highest BCUT2D eigenvalue weighted by atomic mass is 35.5. The van der Waals surface area contributed by atoms with E-state index in [2.05, 4.69) is 9.36 Å². The first-order valence-corrected chi connectivity index (χ1v) is 6.00. The van der Waals surface area contributed by atoms with E-state index in [1.54, 1.807) is 6.20 Å². The maximum absolute atomic E-state index is 8.08. The van der Waals surface area contributed by atoms with Crippen LogP contribution in [0.15, 0.2) is 29.8 Å². The van der Waals surface area contributed by atoms with Crippen LogP contribution in [0.4, 0.5) is 0 Å². The minimum atomic E-state index is 0.501. The molecule has 16 heavy (non-hydrogen) atoms. The van der Waals surface area contributed by atoms with Crippen LogP contribution in [-0.2, 0) is 0 Å². The molecular formula is C11H8ClN3S. The zero-order chi connectivity index (χ0) is 11.1. The Morgan fingerprint density at radius 3 is 2.88 bits per heavy atom. The first-order chi connectivity index (χ1) is 7.77. The summed E-state index contributed by atoms with van der Waals surface area (Å²) >= 11 is 7.42. The molecule has 0 bridgehead atoms. The second-order valence-electron chi connectivity index (χ2n) is 3.48. The third kappa shape index (κ3) is 1.31. The molecule has 0 aliphatic rings. The average molecular weight is 250 g/mol. The Morgan fingerprint density at radius 1 is 1.12 bits per heavy atom. The average Bonchev–Trinajstić information content (AvgIpc) is 2.46. The van der Waals surface area contributed by atoms with E-state index in [0.29, 0.717) is 10.4 Å². The smallest absolute Gasteiger partial charge is 0.0875 e. The number of aromatic amines is 2. The number of hydrogen-bond acceptors (Lipinski definition) is 2. The van der Waals surface area contributed by atoms with E-state index in [4.69, 9.17) is 17.0 Å². The number of aromatic nitrogens is 2. The molecule has 0 radical (unpaired) electrons. The van der Waals surface area contributed by atoms with Gasteiger partial charge in [0.25, 0.3) is 0 Å². The van der Waals surface area contributed by atoms with Crippen molar-refractivity contribution >= 4 is 44.9 Å². The largest absolute Gasteiger partial charge is 0.358 e. The van der Waals surface area contributed by atoms with Gasteiger partial charge in [-0.1, -0.05) is 23.1 Å². The number of fused-ring (bicyclic) bond motifs is 3. The van der Waals surface area contributed by atoms with Crippen molar-refractivity contribution < 1.29 is 0 Å². The lowest BCUT2D eigenvalue weighted by Gasteiger charge is -1.87. The molecule has 2 aromatic heterocycles. The minimum Gasteiger partial charge on any atom is -0.358 e. The Hall–Kier alpha value is -1.52. The van der Waals surface area contributed by atoms with Gasteiger partial charge in [0.15, 0.2) is 0 Å². The van der Waals surface area contributed by atoms with Gasteiger partial charge in [0.1, 0.15) is 0 Å². The van der Waals surface area contributed by atoms with Gasteiger partial charge >= 0.3 is 0 Å². The molecule has 0 aliphatic heterocycles. The lowest BCUT2D eigenvalue weighted by atomic mass is 10.3. The van der Waals surface area contributed by atoms with Gasteiger partial charge in [-0.05, 0) is 18.2 Å². The summed E-state index contributed by atoms with van der Waals surface area (Å²) in [5, 5.41) is 13.1. The van der Waals surface area contributed by atoms with Crippen LogP contribution in [0.1, 0.15) is 0 Å². The Labute approximate surface area is 100 Å². The fourth-order valence-electron chi connectivity index (χ4n) is 1.80. The van der Waals surface area contributed by atoms with E-state index in [9.17, 15) is 0 Å². The first kappa shape index (κ1) is 9.69. The van der Waals surface area contributed by atoms with Crippen LogP contribution in [-0.4, -0.2) is 9.36 Å². The number of H-pyrrole nitrogens is 2. The van der Waals surface area contributed by atoms with Crippen LogP contribution in [0.5, 0.6) is 0 Å². The molecule has 1 aromatic carbocycles. The second kappa shape index (κ2) is 3.50. The fraction of sp³-hybridized carbons (Fsp3) is 0. The maximum Gasteiger partial charge on any atom is 0.0875 e. The van der Waals surface area contributed by atoms with E-state index in [1.807, 2.05) is 23.6 Å². The van der Waals surface area contributed by atoms with Gasteiger partial charge in [-0.3, -0.25) is 5.41 Å². The van der Waals surface area contributed by atoms with Crippen LogP contribution in [0, 0.1) is 5.41 Å². The number of halogens is 1. The molecular weight excluding hydrogens is 242 g/mol. The fourth-order valence-corrected chi connectivity index (χ4v) is 2.53. The van der Waals surface area contributed by atoms with E-state index >= 15 is 0 Å². The van der Waals surface area contributed by atoms with E-state index in [-0.39, 0.29) is 0 Å². The van der Waals surface area contributed by atoms with Crippen molar-refractivity contribution in [2.75, 3.05) is 0 Å². The summed E-state index contributed by atoms with van der Waals surface area (Å²) in [4.78, 5) is 3.07. The molecule has 3 N–H and O–H groups in total. The monoisotopic (exact) mass is 249 g/mol. The zero-order valence-electron chi connectivity index (χ0n) is 8.17. The summed E-state index contributed by atoms with van der Waals surface area (Å²) in [6, 6.07) is 5.71. The predicted octanol–water partition coefficient (Wildman–Crippen LogP) is 3.41. The van der Waals surface area contributed by atoms with Gasteiger partial charge in [-0.15, -0.1) is 0 Å². The predicted molar refractivity (Wildman–Crippen MR) is 67.7 cm³/mol. The second-order valence-corrected chi connectivity index (χ2v) is 4.63. The van der Waals surface area contributed by atoms with Crippen molar-refractivity contribution in [2.24, 2.45) is 0 Å². The molecule has 2 heterocycles. The molecule has 0 unspecified atom stereocenters. The van der Waals surface area contributed by atoms with Gasteiger partial charge < -0.3 is 9.36 Å². The molecule has 5 heteroatoms. The Bertz CT molecular complexity index is 751. The van der Waals surface area contributed by atoms with Crippen LogP contribution in [0.2, 0.25) is 5.02 Å². The number of nitrogens with one attached hydrogen (secondary N) is 3. The van der Waals surface area contributed by atoms with Crippen molar-refractivity contribution in [1.82, 2.24) is 9.36 Å². The summed E-state index contributed by atoms with van der Waals surface area (Å²) in [6.07, 6.45) is 1.70.